The maximum absolute atomic E-state index is 13.8. The van der Waals surface area contributed by atoms with Crippen molar-refractivity contribution in [2.75, 3.05) is 39.0 Å². The first-order chi connectivity index (χ1) is 17.6. The summed E-state index contributed by atoms with van der Waals surface area (Å²) < 4.78 is 32.7. The van der Waals surface area contributed by atoms with Gasteiger partial charge < -0.3 is 14.5 Å². The van der Waals surface area contributed by atoms with Crippen molar-refractivity contribution < 1.29 is 22.7 Å². The zero-order chi connectivity index (χ0) is 27.0. The molecule has 2 amide bonds. The zero-order valence-electron chi connectivity index (χ0n) is 23.0. The molecular weight excluding hydrogens is 490 g/mol. The van der Waals surface area contributed by atoms with Crippen molar-refractivity contribution >= 4 is 21.8 Å². The molecule has 0 N–H and O–H groups in total. The van der Waals surface area contributed by atoms with E-state index in [0.29, 0.717) is 44.9 Å². The van der Waals surface area contributed by atoms with Crippen molar-refractivity contribution in [2.45, 2.75) is 78.3 Å². The van der Waals surface area contributed by atoms with E-state index in [9.17, 15) is 18.0 Å². The van der Waals surface area contributed by atoms with Gasteiger partial charge in [-0.25, -0.2) is 8.42 Å². The maximum atomic E-state index is 13.8. The largest absolute Gasteiger partial charge is 0.497 e. The van der Waals surface area contributed by atoms with Gasteiger partial charge in [-0.3, -0.25) is 9.59 Å². The van der Waals surface area contributed by atoms with E-state index >= 15 is 0 Å². The molecule has 1 saturated carbocycles. The summed E-state index contributed by atoms with van der Waals surface area (Å²) >= 11 is 0. The standard InChI is InChI=1S/C28H45N3O5S/c1-5-37(34,35)30(19-23-9-7-6-8-10-23)21-27(32)31(20-24-11-13-26(36-4)14-12-24)25-15-17-29(18-16-25)28(33)22(2)3/h11-14,22-23,25H,5-10,15-21H2,1-4H3. The summed E-state index contributed by atoms with van der Waals surface area (Å²) in [7, 11) is -1.90. The lowest BCUT2D eigenvalue weighted by Crippen LogP contribution is -2.52. The highest BCUT2D eigenvalue weighted by Crippen LogP contribution is 2.26. The quantitative estimate of drug-likeness (QED) is 0.429. The molecule has 2 aliphatic rings. The molecule has 1 aliphatic carbocycles. The first kappa shape index (κ1) is 29.4. The Kier molecular flexibility index (Phi) is 10.8. The fraction of sp³-hybridized carbons (Fsp3) is 0.714. The van der Waals surface area contributed by atoms with E-state index in [1.807, 2.05) is 47.9 Å². The topological polar surface area (TPSA) is 87.2 Å². The molecule has 1 aliphatic heterocycles. The first-order valence-corrected chi connectivity index (χ1v) is 15.4. The number of amides is 2. The van der Waals surface area contributed by atoms with Crippen LogP contribution in [0, 0.1) is 11.8 Å². The second kappa shape index (κ2) is 13.6. The third-order valence-electron chi connectivity index (χ3n) is 7.80. The Morgan fingerprint density at radius 3 is 2.19 bits per heavy atom. The number of nitrogens with zero attached hydrogens (tertiary/aromatic N) is 3. The number of hydrogen-bond donors (Lipinski definition) is 0. The van der Waals surface area contributed by atoms with Crippen LogP contribution in [0.3, 0.4) is 0 Å². The average Bonchev–Trinajstić information content (AvgIpc) is 2.91. The summed E-state index contributed by atoms with van der Waals surface area (Å²) in [4.78, 5) is 30.0. The van der Waals surface area contributed by atoms with Crippen LogP contribution in [-0.4, -0.2) is 79.4 Å². The molecule has 0 spiro atoms. The first-order valence-electron chi connectivity index (χ1n) is 13.8. The lowest BCUT2D eigenvalue weighted by molar-refractivity contribution is -0.139. The van der Waals surface area contributed by atoms with Gasteiger partial charge in [0.2, 0.25) is 21.8 Å². The Morgan fingerprint density at radius 1 is 1.03 bits per heavy atom. The van der Waals surface area contributed by atoms with Gasteiger partial charge in [0.15, 0.2) is 0 Å². The Morgan fingerprint density at radius 2 is 1.65 bits per heavy atom. The number of rotatable bonds is 11. The lowest BCUT2D eigenvalue weighted by Gasteiger charge is -2.40. The third kappa shape index (κ3) is 8.18. The van der Waals surface area contributed by atoms with E-state index in [0.717, 1.165) is 37.0 Å². The smallest absolute Gasteiger partial charge is 0.238 e. The minimum Gasteiger partial charge on any atom is -0.497 e. The van der Waals surface area contributed by atoms with Crippen LogP contribution in [-0.2, 0) is 26.2 Å². The van der Waals surface area contributed by atoms with Gasteiger partial charge in [-0.05, 0) is 56.2 Å². The van der Waals surface area contributed by atoms with Crippen LogP contribution in [0.15, 0.2) is 24.3 Å². The number of likely N-dealkylation sites (tertiary alicyclic amines) is 1. The Labute approximate surface area is 223 Å². The molecule has 8 nitrogen and oxygen atoms in total. The van der Waals surface area contributed by atoms with Crippen molar-refractivity contribution in [1.82, 2.24) is 14.1 Å². The summed E-state index contributed by atoms with van der Waals surface area (Å²) in [6.07, 6.45) is 6.84. The minimum absolute atomic E-state index is 0.0127. The molecule has 1 heterocycles. The van der Waals surface area contributed by atoms with Gasteiger partial charge in [-0.2, -0.15) is 4.31 Å². The van der Waals surface area contributed by atoms with Crippen LogP contribution in [0.4, 0.5) is 0 Å². The number of benzene rings is 1. The van der Waals surface area contributed by atoms with E-state index in [1.165, 1.54) is 10.7 Å². The number of piperidine rings is 1. The summed E-state index contributed by atoms with van der Waals surface area (Å²) in [6.45, 7) is 7.35. The van der Waals surface area contributed by atoms with Crippen molar-refractivity contribution in [3.63, 3.8) is 0 Å². The Bertz CT molecular complexity index is 982. The molecule has 0 aromatic heterocycles. The highest BCUT2D eigenvalue weighted by molar-refractivity contribution is 7.89. The number of carbonyl (C=O) groups excluding carboxylic acids is 2. The van der Waals surface area contributed by atoms with Crippen molar-refractivity contribution in [1.29, 1.82) is 0 Å². The second-order valence-electron chi connectivity index (χ2n) is 10.8. The van der Waals surface area contributed by atoms with E-state index in [4.69, 9.17) is 4.74 Å². The van der Waals surface area contributed by atoms with Crippen LogP contribution in [0.2, 0.25) is 0 Å². The van der Waals surface area contributed by atoms with Crippen LogP contribution in [0.5, 0.6) is 5.75 Å². The SMILES string of the molecule is CCS(=O)(=O)N(CC(=O)N(Cc1ccc(OC)cc1)C1CCN(C(=O)C(C)C)CC1)CC1CCCCC1. The summed E-state index contributed by atoms with van der Waals surface area (Å²) in [5.41, 5.74) is 0.965. The molecule has 0 unspecified atom stereocenters. The molecule has 208 valence electrons. The van der Waals surface area contributed by atoms with Gasteiger partial charge in [0, 0.05) is 38.1 Å². The van der Waals surface area contributed by atoms with E-state index in [2.05, 4.69) is 0 Å². The predicted octanol–water partition coefficient (Wildman–Crippen LogP) is 3.90. The van der Waals surface area contributed by atoms with E-state index in [-0.39, 0.29) is 36.1 Å². The fourth-order valence-electron chi connectivity index (χ4n) is 5.47. The molecule has 9 heteroatoms. The molecule has 37 heavy (non-hydrogen) atoms. The molecule has 2 fully saturated rings. The van der Waals surface area contributed by atoms with Gasteiger partial charge in [0.05, 0.1) is 19.4 Å². The summed E-state index contributed by atoms with van der Waals surface area (Å²) in [6, 6.07) is 7.59. The van der Waals surface area contributed by atoms with E-state index < -0.39 is 10.0 Å². The molecule has 0 atom stereocenters. The van der Waals surface area contributed by atoms with Gasteiger partial charge in [-0.15, -0.1) is 0 Å². The van der Waals surface area contributed by atoms with Gasteiger partial charge in [0.1, 0.15) is 5.75 Å². The average molecular weight is 536 g/mol. The van der Waals surface area contributed by atoms with Crippen LogP contribution in [0.25, 0.3) is 0 Å². The molecular formula is C28H45N3O5S. The number of carbonyl (C=O) groups is 2. The third-order valence-corrected chi connectivity index (χ3v) is 9.59. The molecule has 3 rings (SSSR count). The second-order valence-corrected chi connectivity index (χ2v) is 13.0. The Hall–Kier alpha value is -2.13. The minimum atomic E-state index is -3.51. The van der Waals surface area contributed by atoms with E-state index in [1.54, 1.807) is 14.0 Å². The fourth-order valence-corrected chi connectivity index (χ4v) is 6.58. The van der Waals surface area contributed by atoms with Crippen molar-refractivity contribution in [3.05, 3.63) is 29.8 Å². The summed E-state index contributed by atoms with van der Waals surface area (Å²) in [5.74, 6) is 0.955. The number of sulfonamides is 1. The number of hydrogen-bond acceptors (Lipinski definition) is 5. The normalized spacial score (nSPS) is 17.8. The van der Waals surface area contributed by atoms with Crippen LogP contribution in [0.1, 0.15) is 71.3 Å². The molecule has 1 aromatic rings. The highest BCUT2D eigenvalue weighted by Gasteiger charge is 2.33. The summed E-state index contributed by atoms with van der Waals surface area (Å²) in [5, 5.41) is 0. The lowest BCUT2D eigenvalue weighted by atomic mass is 9.89. The molecule has 1 aromatic carbocycles. The predicted molar refractivity (Wildman–Crippen MR) is 146 cm³/mol. The van der Waals surface area contributed by atoms with Gasteiger partial charge in [0.25, 0.3) is 0 Å². The number of methoxy groups -OCH3 is 1. The van der Waals surface area contributed by atoms with Crippen LogP contribution < -0.4 is 4.74 Å². The number of ether oxygens (including phenoxy) is 1. The van der Waals surface area contributed by atoms with Crippen molar-refractivity contribution in [3.8, 4) is 5.75 Å². The van der Waals surface area contributed by atoms with Crippen LogP contribution >= 0.6 is 0 Å². The molecule has 0 radical (unpaired) electrons. The van der Waals surface area contributed by atoms with Crippen molar-refractivity contribution in [2.24, 2.45) is 11.8 Å². The monoisotopic (exact) mass is 535 g/mol. The Balaban J connectivity index is 1.79. The van der Waals surface area contributed by atoms with Gasteiger partial charge in [-0.1, -0.05) is 45.2 Å². The van der Waals surface area contributed by atoms with Gasteiger partial charge >= 0.3 is 0 Å². The highest BCUT2D eigenvalue weighted by atomic mass is 32.2. The molecule has 1 saturated heterocycles. The maximum Gasteiger partial charge on any atom is 0.238 e. The molecule has 0 bridgehead atoms. The zero-order valence-corrected chi connectivity index (χ0v) is 23.8.